The van der Waals surface area contributed by atoms with Crippen molar-refractivity contribution in [2.75, 3.05) is 0 Å². The molecule has 1 aliphatic rings. The summed E-state index contributed by atoms with van der Waals surface area (Å²) in [6.07, 6.45) is 4.90. The molecule has 0 aliphatic heterocycles. The highest BCUT2D eigenvalue weighted by molar-refractivity contribution is 5.95. The molecule has 2 rings (SSSR count). The van der Waals surface area contributed by atoms with Crippen LogP contribution in [0.2, 0.25) is 0 Å². The second-order valence-electron chi connectivity index (χ2n) is 4.75. The van der Waals surface area contributed by atoms with Crippen LogP contribution in [0.3, 0.4) is 0 Å². The monoisotopic (exact) mass is 236 g/mol. The Kier molecular flexibility index (Phi) is 3.52. The smallest absolute Gasteiger partial charge is 0.247 e. The average molecular weight is 236 g/mol. The summed E-state index contributed by atoms with van der Waals surface area (Å²) in [5.74, 6) is 0.748. The first-order chi connectivity index (χ1) is 8.09. The molecule has 1 amide bonds. The van der Waals surface area contributed by atoms with Gasteiger partial charge in [0.1, 0.15) is 11.5 Å². The fraction of sp³-hybridized carbons (Fsp3) is 0.615. The zero-order valence-corrected chi connectivity index (χ0v) is 10.4. The van der Waals surface area contributed by atoms with Gasteiger partial charge in [-0.15, -0.1) is 0 Å². The van der Waals surface area contributed by atoms with Crippen LogP contribution in [0.4, 0.5) is 0 Å². The fourth-order valence-electron chi connectivity index (χ4n) is 2.44. The zero-order chi connectivity index (χ0) is 12.4. The number of amides is 1. The number of carbonyl (C=O) groups excluding carboxylic acids is 1. The highest BCUT2D eigenvalue weighted by atomic mass is 16.5. The summed E-state index contributed by atoms with van der Waals surface area (Å²) in [6.45, 7) is 3.49. The Morgan fingerprint density at radius 1 is 1.35 bits per heavy atom. The SMILES string of the molecule is Cc1cc(C(=O)N([O-])C2CCCCC2)c(C)o1. The lowest BCUT2D eigenvalue weighted by molar-refractivity contribution is 0.0737. The Balaban J connectivity index is 2.11. The van der Waals surface area contributed by atoms with E-state index in [2.05, 4.69) is 0 Å². The number of hydroxylamine groups is 2. The van der Waals surface area contributed by atoms with E-state index in [0.717, 1.165) is 25.7 Å². The molecule has 0 radical (unpaired) electrons. The van der Waals surface area contributed by atoms with Crippen molar-refractivity contribution in [3.8, 4) is 0 Å². The summed E-state index contributed by atoms with van der Waals surface area (Å²) in [7, 11) is 0. The van der Waals surface area contributed by atoms with Crippen molar-refractivity contribution in [2.45, 2.75) is 52.0 Å². The highest BCUT2D eigenvalue weighted by Crippen LogP contribution is 2.24. The van der Waals surface area contributed by atoms with Crippen LogP contribution >= 0.6 is 0 Å². The van der Waals surface area contributed by atoms with E-state index in [0.29, 0.717) is 22.1 Å². The number of hydrogen-bond acceptors (Lipinski definition) is 3. The van der Waals surface area contributed by atoms with Crippen LogP contribution in [0.15, 0.2) is 10.5 Å². The Bertz CT molecular complexity index is 405. The second kappa shape index (κ2) is 4.92. The molecule has 0 N–H and O–H groups in total. The third kappa shape index (κ3) is 2.52. The van der Waals surface area contributed by atoms with Crippen LogP contribution in [-0.2, 0) is 0 Å². The molecule has 1 aromatic heterocycles. The minimum absolute atomic E-state index is 0.147. The van der Waals surface area contributed by atoms with E-state index in [-0.39, 0.29) is 6.04 Å². The third-order valence-electron chi connectivity index (χ3n) is 3.38. The Morgan fingerprint density at radius 2 is 2.00 bits per heavy atom. The number of carbonyl (C=O) groups is 1. The van der Waals surface area contributed by atoms with Crippen molar-refractivity contribution < 1.29 is 9.21 Å². The number of nitrogens with zero attached hydrogens (tertiary/aromatic N) is 1. The molecule has 0 unspecified atom stereocenters. The van der Waals surface area contributed by atoms with Gasteiger partial charge < -0.3 is 14.7 Å². The zero-order valence-electron chi connectivity index (χ0n) is 10.4. The summed E-state index contributed by atoms with van der Waals surface area (Å²) < 4.78 is 5.29. The molecule has 1 saturated carbocycles. The number of hydrogen-bond donors (Lipinski definition) is 0. The summed E-state index contributed by atoms with van der Waals surface area (Å²) in [6, 6.07) is 1.50. The Labute approximate surface area is 101 Å². The van der Waals surface area contributed by atoms with Crippen molar-refractivity contribution in [3.05, 3.63) is 28.4 Å². The molecule has 17 heavy (non-hydrogen) atoms. The van der Waals surface area contributed by atoms with Crippen LogP contribution in [-0.4, -0.2) is 17.0 Å². The topological polar surface area (TPSA) is 56.5 Å². The molecule has 94 valence electrons. The van der Waals surface area contributed by atoms with Crippen LogP contribution in [0.1, 0.15) is 54.0 Å². The van der Waals surface area contributed by atoms with Gasteiger partial charge in [-0.3, -0.25) is 4.79 Å². The lowest BCUT2D eigenvalue weighted by Gasteiger charge is -2.39. The molecule has 4 heteroatoms. The minimum atomic E-state index is -0.453. The van der Waals surface area contributed by atoms with E-state index >= 15 is 0 Å². The van der Waals surface area contributed by atoms with Crippen LogP contribution in [0.25, 0.3) is 0 Å². The van der Waals surface area contributed by atoms with Crippen LogP contribution < -0.4 is 0 Å². The van der Waals surface area contributed by atoms with Crippen molar-refractivity contribution in [3.63, 3.8) is 0 Å². The summed E-state index contributed by atoms with van der Waals surface area (Å²) in [4.78, 5) is 12.0. The highest BCUT2D eigenvalue weighted by Gasteiger charge is 2.22. The summed E-state index contributed by atoms with van der Waals surface area (Å²) in [5, 5.41) is 12.6. The van der Waals surface area contributed by atoms with Gasteiger partial charge in [-0.05, 0) is 32.8 Å². The Hall–Kier alpha value is -1.29. The lowest BCUT2D eigenvalue weighted by Crippen LogP contribution is -2.37. The summed E-state index contributed by atoms with van der Waals surface area (Å²) in [5.41, 5.74) is 0.406. The van der Waals surface area contributed by atoms with E-state index in [9.17, 15) is 10.0 Å². The molecule has 1 aliphatic carbocycles. The molecule has 0 atom stereocenters. The van der Waals surface area contributed by atoms with E-state index < -0.39 is 5.91 Å². The van der Waals surface area contributed by atoms with Gasteiger partial charge in [0.2, 0.25) is 5.91 Å². The predicted molar refractivity (Wildman–Crippen MR) is 64.6 cm³/mol. The minimum Gasteiger partial charge on any atom is -0.756 e. The van der Waals surface area contributed by atoms with Crippen molar-refractivity contribution in [1.82, 2.24) is 5.06 Å². The van der Waals surface area contributed by atoms with Crippen molar-refractivity contribution in [2.24, 2.45) is 0 Å². The maximum atomic E-state index is 12.0. The van der Waals surface area contributed by atoms with Gasteiger partial charge in [-0.2, -0.15) is 0 Å². The van der Waals surface area contributed by atoms with Crippen molar-refractivity contribution in [1.29, 1.82) is 0 Å². The molecule has 0 spiro atoms. The van der Waals surface area contributed by atoms with E-state index in [4.69, 9.17) is 4.42 Å². The number of aryl methyl sites for hydroxylation is 2. The van der Waals surface area contributed by atoms with Gasteiger partial charge in [0.15, 0.2) is 0 Å². The average Bonchev–Trinajstić information content (AvgIpc) is 2.68. The van der Waals surface area contributed by atoms with Gasteiger partial charge >= 0.3 is 0 Å². The first kappa shape index (κ1) is 12.2. The predicted octanol–water partition coefficient (Wildman–Crippen LogP) is 3.17. The number of furan rings is 1. The van der Waals surface area contributed by atoms with Gasteiger partial charge in [0, 0.05) is 6.04 Å². The third-order valence-corrected chi connectivity index (χ3v) is 3.38. The standard InChI is InChI=1S/C13H18NO3/c1-9-8-12(10(2)17-9)13(15)14(16)11-6-4-3-5-7-11/h8,11H,3-7H2,1-2H3/q-1. The summed E-state index contributed by atoms with van der Waals surface area (Å²) >= 11 is 0. The molecule has 1 heterocycles. The van der Waals surface area contributed by atoms with Gasteiger partial charge in [0.25, 0.3) is 0 Å². The molecule has 0 aromatic carbocycles. The van der Waals surface area contributed by atoms with Gasteiger partial charge in [-0.25, -0.2) is 0 Å². The van der Waals surface area contributed by atoms with Crippen LogP contribution in [0, 0.1) is 19.1 Å². The number of rotatable bonds is 2. The quantitative estimate of drug-likeness (QED) is 0.741. The first-order valence-corrected chi connectivity index (χ1v) is 6.17. The molecule has 1 fully saturated rings. The largest absolute Gasteiger partial charge is 0.756 e. The molecule has 1 aromatic rings. The van der Waals surface area contributed by atoms with Crippen molar-refractivity contribution >= 4 is 5.91 Å². The Morgan fingerprint density at radius 3 is 2.53 bits per heavy atom. The molecule has 4 nitrogen and oxygen atoms in total. The van der Waals surface area contributed by atoms with Crippen LogP contribution in [0.5, 0.6) is 0 Å². The van der Waals surface area contributed by atoms with Gasteiger partial charge in [0.05, 0.1) is 5.56 Å². The maximum Gasteiger partial charge on any atom is 0.247 e. The molecular formula is C13H18NO3-. The van der Waals surface area contributed by atoms with E-state index in [1.807, 2.05) is 0 Å². The molecule has 0 saturated heterocycles. The van der Waals surface area contributed by atoms with E-state index in [1.165, 1.54) is 6.42 Å². The fourth-order valence-corrected chi connectivity index (χ4v) is 2.44. The lowest BCUT2D eigenvalue weighted by atomic mass is 9.95. The second-order valence-corrected chi connectivity index (χ2v) is 4.75. The molecular weight excluding hydrogens is 218 g/mol. The van der Waals surface area contributed by atoms with Gasteiger partial charge in [-0.1, -0.05) is 19.3 Å². The molecule has 0 bridgehead atoms. The maximum absolute atomic E-state index is 12.0. The first-order valence-electron chi connectivity index (χ1n) is 6.17. The normalized spacial score (nSPS) is 17.1. The van der Waals surface area contributed by atoms with E-state index in [1.54, 1.807) is 19.9 Å².